The van der Waals surface area contributed by atoms with Crippen LogP contribution in [0.5, 0.6) is 0 Å². The normalized spacial score (nSPS) is 10.4. The number of unbranched alkanes of at least 4 members (excludes halogenated alkanes) is 1. The van der Waals surface area contributed by atoms with E-state index in [1.807, 2.05) is 13.0 Å². The minimum atomic E-state index is -0.0178. The van der Waals surface area contributed by atoms with Crippen molar-refractivity contribution in [3.05, 3.63) is 27.2 Å². The summed E-state index contributed by atoms with van der Waals surface area (Å²) in [6.07, 6.45) is 2.13. The molecule has 0 saturated heterocycles. The summed E-state index contributed by atoms with van der Waals surface area (Å²) in [6, 6.07) is 3.64. The number of carbonyl (C=O) groups is 1. The molecule has 0 radical (unpaired) electrons. The van der Waals surface area contributed by atoms with E-state index in [1.165, 1.54) is 0 Å². The van der Waals surface area contributed by atoms with Gasteiger partial charge in [0.1, 0.15) is 0 Å². The highest BCUT2D eigenvalue weighted by Gasteiger charge is 2.07. The average Bonchev–Trinajstić information content (AvgIpc) is 2.26. The first-order valence-corrected chi connectivity index (χ1v) is 7.06. The minimum Gasteiger partial charge on any atom is -0.325 e. The third kappa shape index (κ3) is 4.86. The molecule has 1 aromatic carbocycles. The van der Waals surface area contributed by atoms with Crippen LogP contribution in [-0.4, -0.2) is 11.8 Å². The van der Waals surface area contributed by atoms with Crippen LogP contribution in [0.15, 0.2) is 16.6 Å². The van der Waals surface area contributed by atoms with Crippen LogP contribution < -0.4 is 5.32 Å². The number of nitrogens with one attached hydrogen (secondary N) is 1. The maximum Gasteiger partial charge on any atom is 0.224 e. The Labute approximate surface area is 120 Å². The zero-order chi connectivity index (χ0) is 12.8. The third-order valence-corrected chi connectivity index (χ3v) is 3.64. The number of halogens is 3. The summed E-state index contributed by atoms with van der Waals surface area (Å²) in [5.41, 5.74) is 1.68. The highest BCUT2D eigenvalue weighted by molar-refractivity contribution is 9.10. The quantitative estimate of drug-likeness (QED) is 0.608. The van der Waals surface area contributed by atoms with Gasteiger partial charge in [0.15, 0.2) is 0 Å². The molecular weight excluding hydrogens is 325 g/mol. The summed E-state index contributed by atoms with van der Waals surface area (Å²) in [7, 11) is 0. The van der Waals surface area contributed by atoms with E-state index < -0.39 is 0 Å². The Hall–Kier alpha value is -0.250. The van der Waals surface area contributed by atoms with Crippen LogP contribution in [0.4, 0.5) is 5.69 Å². The van der Waals surface area contributed by atoms with Gasteiger partial charge in [-0.3, -0.25) is 4.79 Å². The summed E-state index contributed by atoms with van der Waals surface area (Å²) in [6.45, 7) is 1.92. The topological polar surface area (TPSA) is 29.1 Å². The number of alkyl halides is 1. The number of anilines is 1. The van der Waals surface area contributed by atoms with Gasteiger partial charge in [0.2, 0.25) is 5.91 Å². The average molecular weight is 339 g/mol. The van der Waals surface area contributed by atoms with Crippen molar-refractivity contribution in [2.45, 2.75) is 26.2 Å². The first-order chi connectivity index (χ1) is 8.04. The Kier molecular flexibility index (Phi) is 6.31. The van der Waals surface area contributed by atoms with E-state index in [-0.39, 0.29) is 5.91 Å². The van der Waals surface area contributed by atoms with Crippen LogP contribution in [-0.2, 0) is 4.79 Å². The van der Waals surface area contributed by atoms with Crippen molar-refractivity contribution in [3.63, 3.8) is 0 Å². The number of benzene rings is 1. The number of aryl methyl sites for hydroxylation is 1. The van der Waals surface area contributed by atoms with E-state index in [1.54, 1.807) is 6.07 Å². The van der Waals surface area contributed by atoms with Gasteiger partial charge < -0.3 is 5.32 Å². The molecule has 0 atom stereocenters. The molecule has 1 aromatic rings. The van der Waals surface area contributed by atoms with Gasteiger partial charge in [-0.1, -0.05) is 11.6 Å². The standard InChI is InChI=1S/C12H14BrCl2NO/c1-8-6-9(13)11(7-10(8)15)16-12(17)4-2-3-5-14/h6-7H,2-5H2,1H3,(H,16,17). The molecule has 1 rings (SSSR count). The van der Waals surface area contributed by atoms with Crippen LogP contribution in [0.25, 0.3) is 0 Å². The third-order valence-electron chi connectivity index (χ3n) is 2.31. The van der Waals surface area contributed by atoms with Crippen molar-refractivity contribution in [1.29, 1.82) is 0 Å². The lowest BCUT2D eigenvalue weighted by Crippen LogP contribution is -2.11. The molecule has 0 bridgehead atoms. The summed E-state index contributed by atoms with van der Waals surface area (Å²) >= 11 is 15.0. The Morgan fingerprint density at radius 2 is 2.12 bits per heavy atom. The van der Waals surface area contributed by atoms with Gasteiger partial charge in [0.25, 0.3) is 0 Å². The Bertz CT molecular complexity index is 410. The largest absolute Gasteiger partial charge is 0.325 e. The lowest BCUT2D eigenvalue weighted by atomic mass is 10.2. The van der Waals surface area contributed by atoms with Crippen LogP contribution in [0.1, 0.15) is 24.8 Å². The zero-order valence-electron chi connectivity index (χ0n) is 9.53. The smallest absolute Gasteiger partial charge is 0.224 e. The summed E-state index contributed by atoms with van der Waals surface area (Å²) in [4.78, 5) is 11.6. The molecule has 0 heterocycles. The van der Waals surface area contributed by atoms with Crippen molar-refractivity contribution in [3.8, 4) is 0 Å². The van der Waals surface area contributed by atoms with E-state index >= 15 is 0 Å². The Morgan fingerprint density at radius 1 is 1.41 bits per heavy atom. The second kappa shape index (κ2) is 7.24. The Morgan fingerprint density at radius 3 is 2.76 bits per heavy atom. The molecule has 17 heavy (non-hydrogen) atoms. The fourth-order valence-electron chi connectivity index (χ4n) is 1.33. The molecule has 1 amide bonds. The molecule has 0 aliphatic carbocycles. The monoisotopic (exact) mass is 337 g/mol. The molecule has 0 saturated carbocycles. The molecule has 0 unspecified atom stereocenters. The molecular formula is C12H14BrCl2NO. The maximum absolute atomic E-state index is 11.6. The summed E-state index contributed by atoms with van der Waals surface area (Å²) in [5.74, 6) is 0.573. The zero-order valence-corrected chi connectivity index (χ0v) is 12.6. The minimum absolute atomic E-state index is 0.0178. The summed E-state index contributed by atoms with van der Waals surface area (Å²) < 4.78 is 0.838. The van der Waals surface area contributed by atoms with Crippen molar-refractivity contribution < 1.29 is 4.79 Å². The number of hydrogen-bond acceptors (Lipinski definition) is 1. The van der Waals surface area contributed by atoms with Gasteiger partial charge in [-0.05, 0) is 53.4 Å². The van der Waals surface area contributed by atoms with E-state index in [0.717, 1.165) is 22.9 Å². The Balaban J connectivity index is 2.62. The number of hydrogen-bond donors (Lipinski definition) is 1. The number of rotatable bonds is 5. The van der Waals surface area contributed by atoms with Gasteiger partial charge in [-0.25, -0.2) is 0 Å². The number of amides is 1. The molecule has 0 aromatic heterocycles. The SMILES string of the molecule is Cc1cc(Br)c(NC(=O)CCCCCl)cc1Cl. The molecule has 0 aliphatic heterocycles. The molecule has 0 fully saturated rings. The predicted molar refractivity (Wildman–Crippen MR) is 77.1 cm³/mol. The molecule has 94 valence electrons. The number of carbonyl (C=O) groups excluding carboxylic acids is 1. The first kappa shape index (κ1) is 14.8. The fourth-order valence-corrected chi connectivity index (χ4v) is 2.24. The van der Waals surface area contributed by atoms with Crippen molar-refractivity contribution in [2.75, 3.05) is 11.2 Å². The van der Waals surface area contributed by atoms with Crippen LogP contribution in [0.3, 0.4) is 0 Å². The van der Waals surface area contributed by atoms with Crippen molar-refractivity contribution in [2.24, 2.45) is 0 Å². The molecule has 2 nitrogen and oxygen atoms in total. The van der Waals surface area contributed by atoms with E-state index in [9.17, 15) is 4.79 Å². The molecule has 1 N–H and O–H groups in total. The van der Waals surface area contributed by atoms with Gasteiger partial charge in [-0.2, -0.15) is 0 Å². The van der Waals surface area contributed by atoms with Crippen LogP contribution in [0, 0.1) is 6.92 Å². The maximum atomic E-state index is 11.6. The van der Waals surface area contributed by atoms with Crippen molar-refractivity contribution >= 4 is 50.7 Å². The lowest BCUT2D eigenvalue weighted by Gasteiger charge is -2.09. The fraction of sp³-hybridized carbons (Fsp3) is 0.417. The molecule has 0 aliphatic rings. The predicted octanol–water partition coefficient (Wildman–Crippen LogP) is 4.76. The van der Waals surface area contributed by atoms with Crippen LogP contribution in [0.2, 0.25) is 5.02 Å². The molecule has 5 heteroatoms. The molecule has 0 spiro atoms. The van der Waals surface area contributed by atoms with E-state index in [0.29, 0.717) is 23.0 Å². The van der Waals surface area contributed by atoms with Gasteiger partial charge in [0.05, 0.1) is 5.69 Å². The second-order valence-electron chi connectivity index (χ2n) is 3.78. The lowest BCUT2D eigenvalue weighted by molar-refractivity contribution is -0.116. The first-order valence-electron chi connectivity index (χ1n) is 5.36. The summed E-state index contributed by atoms with van der Waals surface area (Å²) in [5, 5.41) is 3.47. The van der Waals surface area contributed by atoms with E-state index in [4.69, 9.17) is 23.2 Å². The van der Waals surface area contributed by atoms with Gasteiger partial charge in [0, 0.05) is 21.8 Å². The van der Waals surface area contributed by atoms with Crippen molar-refractivity contribution in [1.82, 2.24) is 0 Å². The highest BCUT2D eigenvalue weighted by Crippen LogP contribution is 2.29. The van der Waals surface area contributed by atoms with Gasteiger partial charge >= 0.3 is 0 Å². The second-order valence-corrected chi connectivity index (χ2v) is 5.42. The van der Waals surface area contributed by atoms with Gasteiger partial charge in [-0.15, -0.1) is 11.6 Å². The van der Waals surface area contributed by atoms with E-state index in [2.05, 4.69) is 21.2 Å². The van der Waals surface area contributed by atoms with Crippen LogP contribution >= 0.6 is 39.1 Å². The highest BCUT2D eigenvalue weighted by atomic mass is 79.9.